The highest BCUT2D eigenvalue weighted by Gasteiger charge is 2.27. The molecule has 5 nitrogen and oxygen atoms in total. The van der Waals surface area contributed by atoms with Gasteiger partial charge in [-0.2, -0.15) is 24.5 Å². The van der Waals surface area contributed by atoms with Gasteiger partial charge in [0.1, 0.15) is 12.2 Å². The number of thiophene rings is 1. The molecule has 1 unspecified atom stereocenters. The second-order valence-electron chi connectivity index (χ2n) is 6.76. The summed E-state index contributed by atoms with van der Waals surface area (Å²) in [6, 6.07) is 8.97. The van der Waals surface area contributed by atoms with Crippen LogP contribution in [-0.4, -0.2) is 36.9 Å². The second-order valence-corrected chi connectivity index (χ2v) is 7.54. The van der Waals surface area contributed by atoms with E-state index in [4.69, 9.17) is 4.74 Å². The molecule has 0 saturated carbocycles. The monoisotopic (exact) mass is 557 g/mol. The van der Waals surface area contributed by atoms with E-state index in [0.717, 1.165) is 11.1 Å². The number of benzene rings is 1. The van der Waals surface area contributed by atoms with E-state index in [1.807, 2.05) is 29.8 Å². The zero-order chi connectivity index (χ0) is 21.3. The average molecular weight is 557 g/mol. The average Bonchev–Trinajstić information content (AvgIpc) is 3.19. The number of aliphatic imine (C=N–C) groups is 1. The van der Waals surface area contributed by atoms with Crippen LogP contribution in [0.4, 0.5) is 13.2 Å². The van der Waals surface area contributed by atoms with Gasteiger partial charge < -0.3 is 20.5 Å². The minimum atomic E-state index is -4.33. The molecule has 0 spiro atoms. The van der Waals surface area contributed by atoms with Crippen molar-refractivity contribution < 1.29 is 23.0 Å². The lowest BCUT2D eigenvalue weighted by Crippen LogP contribution is -2.44. The van der Waals surface area contributed by atoms with Gasteiger partial charge in [0.25, 0.3) is 0 Å². The molecule has 0 bridgehead atoms. The molecule has 1 aromatic carbocycles. The largest absolute Gasteiger partial charge is 0.411 e. The van der Waals surface area contributed by atoms with Crippen LogP contribution >= 0.6 is 35.3 Å². The summed E-state index contributed by atoms with van der Waals surface area (Å²) >= 11 is 1.52. The number of nitrogens with one attached hydrogen (secondary N) is 2. The summed E-state index contributed by atoms with van der Waals surface area (Å²) in [5.41, 5.74) is 1.30. The van der Waals surface area contributed by atoms with Crippen molar-refractivity contribution in [1.82, 2.24) is 10.6 Å². The molecule has 0 amide bonds. The molecule has 2 rings (SSSR count). The van der Waals surface area contributed by atoms with Crippen LogP contribution in [0.25, 0.3) is 0 Å². The highest BCUT2D eigenvalue weighted by molar-refractivity contribution is 14.0. The molecule has 0 saturated heterocycles. The van der Waals surface area contributed by atoms with E-state index in [0.29, 0.717) is 24.6 Å². The van der Waals surface area contributed by atoms with Crippen molar-refractivity contribution in [2.24, 2.45) is 4.99 Å². The fraction of sp³-hybridized carbons (Fsp3) is 0.450. The fourth-order valence-electron chi connectivity index (χ4n) is 2.54. The maximum Gasteiger partial charge on any atom is 0.411 e. The van der Waals surface area contributed by atoms with Crippen molar-refractivity contribution >= 4 is 41.3 Å². The van der Waals surface area contributed by atoms with E-state index < -0.39 is 18.4 Å². The molecule has 0 aliphatic carbocycles. The number of alkyl halides is 3. The third-order valence-corrected chi connectivity index (χ3v) is 4.72. The smallest absolute Gasteiger partial charge is 0.384 e. The summed E-state index contributed by atoms with van der Waals surface area (Å²) < 4.78 is 41.3. The molecular formula is C20H27F3IN3O2S. The standard InChI is InChI=1S/C20H26F3N3O2S.HI/c1-3-24-18(26-13-19(2,27)17-7-8-29-12-17)25-10-15-5-4-6-16(9-15)11-28-14-20(21,22)23;/h4-9,12,27H,3,10-11,13-14H2,1-2H3,(H2,24,25,26);1H. The number of hydrogen-bond donors (Lipinski definition) is 3. The van der Waals surface area contributed by atoms with Crippen LogP contribution in [0.1, 0.15) is 30.5 Å². The van der Waals surface area contributed by atoms with Crippen LogP contribution < -0.4 is 10.6 Å². The maximum atomic E-state index is 12.2. The first-order valence-electron chi connectivity index (χ1n) is 9.19. The van der Waals surface area contributed by atoms with Gasteiger partial charge >= 0.3 is 6.18 Å². The zero-order valence-corrected chi connectivity index (χ0v) is 20.0. The van der Waals surface area contributed by atoms with E-state index in [1.165, 1.54) is 11.3 Å². The van der Waals surface area contributed by atoms with Gasteiger partial charge in [-0.3, -0.25) is 0 Å². The fourth-order valence-corrected chi connectivity index (χ4v) is 3.33. The second kappa shape index (κ2) is 12.5. The van der Waals surface area contributed by atoms with Gasteiger partial charge in [-0.25, -0.2) is 4.99 Å². The molecule has 168 valence electrons. The number of ether oxygens (including phenoxy) is 1. The quantitative estimate of drug-likeness (QED) is 0.243. The number of rotatable bonds is 9. The topological polar surface area (TPSA) is 65.9 Å². The van der Waals surface area contributed by atoms with Gasteiger partial charge in [-0.05, 0) is 47.4 Å². The molecule has 2 aromatic rings. The first kappa shape index (κ1) is 26.7. The van der Waals surface area contributed by atoms with Crippen LogP contribution in [0.15, 0.2) is 46.1 Å². The molecule has 1 atom stereocenters. The Morgan fingerprint density at radius 3 is 2.57 bits per heavy atom. The number of hydrogen-bond acceptors (Lipinski definition) is 4. The Kier molecular flexibility index (Phi) is 11.1. The molecule has 10 heteroatoms. The predicted octanol–water partition coefficient (Wildman–Crippen LogP) is 4.41. The highest BCUT2D eigenvalue weighted by Crippen LogP contribution is 2.22. The van der Waals surface area contributed by atoms with Crippen LogP contribution in [0.3, 0.4) is 0 Å². The number of nitrogens with zero attached hydrogens (tertiary/aromatic N) is 1. The summed E-state index contributed by atoms with van der Waals surface area (Å²) in [5, 5.41) is 20.7. The third-order valence-electron chi connectivity index (χ3n) is 4.03. The Balaban J connectivity index is 0.00000450. The summed E-state index contributed by atoms with van der Waals surface area (Å²) in [7, 11) is 0. The zero-order valence-electron chi connectivity index (χ0n) is 16.8. The van der Waals surface area contributed by atoms with Gasteiger partial charge in [0.2, 0.25) is 0 Å². The first-order valence-corrected chi connectivity index (χ1v) is 10.1. The molecule has 0 aliphatic rings. The molecule has 0 radical (unpaired) electrons. The van der Waals surface area contributed by atoms with Crippen molar-refractivity contribution in [2.45, 2.75) is 38.8 Å². The third kappa shape index (κ3) is 9.63. The molecule has 30 heavy (non-hydrogen) atoms. The van der Waals surface area contributed by atoms with Gasteiger partial charge in [-0.15, -0.1) is 24.0 Å². The molecule has 1 aromatic heterocycles. The lowest BCUT2D eigenvalue weighted by molar-refractivity contribution is -0.176. The van der Waals surface area contributed by atoms with Crippen LogP contribution in [0.2, 0.25) is 0 Å². The van der Waals surface area contributed by atoms with Crippen LogP contribution in [-0.2, 0) is 23.5 Å². The molecule has 0 aliphatic heterocycles. The van der Waals surface area contributed by atoms with Gasteiger partial charge in [0.05, 0.1) is 19.7 Å². The summed E-state index contributed by atoms with van der Waals surface area (Å²) in [6.07, 6.45) is -4.33. The first-order chi connectivity index (χ1) is 13.7. The van der Waals surface area contributed by atoms with E-state index in [-0.39, 0.29) is 37.1 Å². The van der Waals surface area contributed by atoms with Crippen LogP contribution in [0.5, 0.6) is 0 Å². The Morgan fingerprint density at radius 1 is 1.20 bits per heavy atom. The van der Waals surface area contributed by atoms with E-state index in [9.17, 15) is 18.3 Å². The molecule has 1 heterocycles. The SMILES string of the molecule is CCNC(=NCc1cccc(COCC(F)(F)F)c1)NCC(C)(O)c1ccsc1.I. The van der Waals surface area contributed by atoms with Gasteiger partial charge in [-0.1, -0.05) is 24.3 Å². The number of halogens is 4. The normalized spacial score (nSPS) is 14.0. The highest BCUT2D eigenvalue weighted by atomic mass is 127. The Labute approximate surface area is 195 Å². The minimum absolute atomic E-state index is 0. The Bertz CT molecular complexity index is 784. The Hall–Kier alpha value is -1.37. The van der Waals surface area contributed by atoms with Crippen molar-refractivity contribution in [3.8, 4) is 0 Å². The van der Waals surface area contributed by atoms with Crippen molar-refractivity contribution in [3.05, 3.63) is 57.8 Å². The van der Waals surface area contributed by atoms with Crippen molar-refractivity contribution in [3.63, 3.8) is 0 Å². The van der Waals surface area contributed by atoms with Crippen molar-refractivity contribution in [1.29, 1.82) is 0 Å². The maximum absolute atomic E-state index is 12.2. The van der Waals surface area contributed by atoms with Crippen LogP contribution in [0, 0.1) is 0 Å². The lowest BCUT2D eigenvalue weighted by Gasteiger charge is -2.24. The van der Waals surface area contributed by atoms with Gasteiger partial charge in [0, 0.05) is 6.54 Å². The molecule has 3 N–H and O–H groups in total. The number of guanidine groups is 1. The predicted molar refractivity (Wildman–Crippen MR) is 124 cm³/mol. The van der Waals surface area contributed by atoms with E-state index in [1.54, 1.807) is 25.1 Å². The van der Waals surface area contributed by atoms with E-state index >= 15 is 0 Å². The van der Waals surface area contributed by atoms with Crippen molar-refractivity contribution in [2.75, 3.05) is 19.7 Å². The molecule has 0 fully saturated rings. The number of aliphatic hydroxyl groups is 1. The summed E-state index contributed by atoms with van der Waals surface area (Å²) in [4.78, 5) is 4.49. The summed E-state index contributed by atoms with van der Waals surface area (Å²) in [6.45, 7) is 3.55. The minimum Gasteiger partial charge on any atom is -0.384 e. The van der Waals surface area contributed by atoms with E-state index in [2.05, 4.69) is 15.6 Å². The van der Waals surface area contributed by atoms with Gasteiger partial charge in [0.15, 0.2) is 5.96 Å². The lowest BCUT2D eigenvalue weighted by atomic mass is 9.99. The Morgan fingerprint density at radius 2 is 1.93 bits per heavy atom. The molecular weight excluding hydrogens is 530 g/mol. The summed E-state index contributed by atoms with van der Waals surface area (Å²) in [5.74, 6) is 0.543.